The van der Waals surface area contributed by atoms with Crippen LogP contribution in [0, 0.1) is 0 Å². The Bertz CT molecular complexity index is 238. The Labute approximate surface area is 74.6 Å². The standard InChI is InChI=1S/C10H18N2/c1-5-9(4)10-6-12(7-11-10)8(2)3/h6-9H,5H2,1-4H3. The van der Waals surface area contributed by atoms with Gasteiger partial charge in [0.1, 0.15) is 0 Å². The summed E-state index contributed by atoms with van der Waals surface area (Å²) in [6, 6.07) is 0.523. The van der Waals surface area contributed by atoms with E-state index in [1.165, 1.54) is 5.69 Å². The summed E-state index contributed by atoms with van der Waals surface area (Å²) in [6.07, 6.45) is 5.24. The molecule has 0 aromatic carbocycles. The first-order chi connectivity index (χ1) is 5.65. The van der Waals surface area contributed by atoms with Gasteiger partial charge < -0.3 is 4.57 Å². The van der Waals surface area contributed by atoms with Gasteiger partial charge in [0.05, 0.1) is 12.0 Å². The molecule has 0 radical (unpaired) electrons. The molecule has 0 amide bonds. The van der Waals surface area contributed by atoms with Crippen molar-refractivity contribution < 1.29 is 0 Å². The summed E-state index contributed by atoms with van der Waals surface area (Å²) in [5.41, 5.74) is 1.21. The molecule has 0 N–H and O–H groups in total. The van der Waals surface area contributed by atoms with Crippen LogP contribution in [0.25, 0.3) is 0 Å². The number of hydrogen-bond donors (Lipinski definition) is 0. The Morgan fingerprint density at radius 2 is 2.08 bits per heavy atom. The summed E-state index contributed by atoms with van der Waals surface area (Å²) in [7, 11) is 0. The molecule has 0 saturated carbocycles. The lowest BCUT2D eigenvalue weighted by Gasteiger charge is -2.05. The highest BCUT2D eigenvalue weighted by atomic mass is 15.1. The van der Waals surface area contributed by atoms with E-state index in [-0.39, 0.29) is 0 Å². The van der Waals surface area contributed by atoms with Gasteiger partial charge in [-0.1, -0.05) is 13.8 Å². The molecule has 1 atom stereocenters. The van der Waals surface area contributed by atoms with Gasteiger partial charge in [0.15, 0.2) is 0 Å². The molecule has 2 nitrogen and oxygen atoms in total. The second kappa shape index (κ2) is 3.74. The van der Waals surface area contributed by atoms with Crippen molar-refractivity contribution in [1.29, 1.82) is 0 Å². The van der Waals surface area contributed by atoms with Crippen molar-refractivity contribution >= 4 is 0 Å². The second-order valence-corrected chi connectivity index (χ2v) is 3.65. The number of imidazole rings is 1. The van der Waals surface area contributed by atoms with Crippen LogP contribution in [-0.2, 0) is 0 Å². The maximum Gasteiger partial charge on any atom is 0.0951 e. The molecule has 0 bridgehead atoms. The summed E-state index contributed by atoms with van der Waals surface area (Å²) >= 11 is 0. The van der Waals surface area contributed by atoms with Crippen LogP contribution in [0.3, 0.4) is 0 Å². The van der Waals surface area contributed by atoms with E-state index in [1.807, 2.05) is 6.33 Å². The molecule has 12 heavy (non-hydrogen) atoms. The van der Waals surface area contributed by atoms with Gasteiger partial charge >= 0.3 is 0 Å². The molecule has 2 heteroatoms. The van der Waals surface area contributed by atoms with Crippen LogP contribution in [-0.4, -0.2) is 9.55 Å². The lowest BCUT2D eigenvalue weighted by Crippen LogP contribution is -1.96. The molecular formula is C10H18N2. The minimum absolute atomic E-state index is 0.523. The fraction of sp³-hybridized carbons (Fsp3) is 0.700. The zero-order valence-corrected chi connectivity index (χ0v) is 8.41. The SMILES string of the molecule is CCC(C)c1cn(C(C)C)cn1. The molecule has 1 unspecified atom stereocenters. The highest BCUT2D eigenvalue weighted by molar-refractivity contribution is 5.03. The maximum atomic E-state index is 4.37. The van der Waals surface area contributed by atoms with E-state index in [4.69, 9.17) is 0 Å². The molecule has 1 heterocycles. The van der Waals surface area contributed by atoms with Crippen LogP contribution in [0.5, 0.6) is 0 Å². The van der Waals surface area contributed by atoms with Crippen molar-refractivity contribution in [2.75, 3.05) is 0 Å². The monoisotopic (exact) mass is 166 g/mol. The first-order valence-corrected chi connectivity index (χ1v) is 4.68. The van der Waals surface area contributed by atoms with Crippen molar-refractivity contribution in [3.05, 3.63) is 18.2 Å². The summed E-state index contributed by atoms with van der Waals surface area (Å²) in [6.45, 7) is 8.75. The van der Waals surface area contributed by atoms with Crippen molar-refractivity contribution in [1.82, 2.24) is 9.55 Å². The van der Waals surface area contributed by atoms with E-state index in [1.54, 1.807) is 0 Å². The van der Waals surface area contributed by atoms with Gasteiger partial charge in [0, 0.05) is 12.2 Å². The minimum Gasteiger partial charge on any atom is -0.335 e. The third-order valence-electron chi connectivity index (χ3n) is 2.34. The quantitative estimate of drug-likeness (QED) is 0.675. The molecule has 1 aromatic rings. The smallest absolute Gasteiger partial charge is 0.0951 e. The van der Waals surface area contributed by atoms with Gasteiger partial charge in [0.2, 0.25) is 0 Å². The lowest BCUT2D eigenvalue weighted by molar-refractivity contribution is 0.597. The topological polar surface area (TPSA) is 17.8 Å². The van der Waals surface area contributed by atoms with E-state index >= 15 is 0 Å². The Morgan fingerprint density at radius 1 is 1.42 bits per heavy atom. The van der Waals surface area contributed by atoms with Crippen LogP contribution in [0.4, 0.5) is 0 Å². The highest BCUT2D eigenvalue weighted by Crippen LogP contribution is 2.17. The van der Waals surface area contributed by atoms with Crippen molar-refractivity contribution in [3.63, 3.8) is 0 Å². The van der Waals surface area contributed by atoms with E-state index < -0.39 is 0 Å². The second-order valence-electron chi connectivity index (χ2n) is 3.65. The average Bonchev–Trinajstić information content (AvgIpc) is 2.51. The minimum atomic E-state index is 0.523. The number of hydrogen-bond acceptors (Lipinski definition) is 1. The normalized spacial score (nSPS) is 13.8. The first-order valence-electron chi connectivity index (χ1n) is 4.68. The molecule has 0 aliphatic carbocycles. The molecule has 0 aliphatic rings. The number of nitrogens with zero attached hydrogens (tertiary/aromatic N) is 2. The molecule has 0 saturated heterocycles. The van der Waals surface area contributed by atoms with Crippen molar-refractivity contribution in [2.45, 2.75) is 46.1 Å². The van der Waals surface area contributed by atoms with Crippen LogP contribution < -0.4 is 0 Å². The Hall–Kier alpha value is -0.790. The molecule has 1 aromatic heterocycles. The van der Waals surface area contributed by atoms with E-state index in [9.17, 15) is 0 Å². The van der Waals surface area contributed by atoms with Crippen molar-refractivity contribution in [3.8, 4) is 0 Å². The third kappa shape index (κ3) is 1.87. The summed E-state index contributed by atoms with van der Waals surface area (Å²) in [5.74, 6) is 0.588. The predicted octanol–water partition coefficient (Wildman–Crippen LogP) is 2.98. The van der Waals surface area contributed by atoms with Gasteiger partial charge in [-0.15, -0.1) is 0 Å². The molecule has 0 spiro atoms. The Balaban J connectivity index is 2.77. The molecule has 0 fully saturated rings. The molecule has 0 aliphatic heterocycles. The molecule has 1 rings (SSSR count). The van der Waals surface area contributed by atoms with Crippen LogP contribution in [0.15, 0.2) is 12.5 Å². The van der Waals surface area contributed by atoms with E-state index in [0.717, 1.165) is 6.42 Å². The van der Waals surface area contributed by atoms with Crippen LogP contribution >= 0.6 is 0 Å². The number of aromatic nitrogens is 2. The third-order valence-corrected chi connectivity index (χ3v) is 2.34. The zero-order valence-electron chi connectivity index (χ0n) is 8.41. The van der Waals surface area contributed by atoms with Crippen LogP contribution in [0.2, 0.25) is 0 Å². The van der Waals surface area contributed by atoms with E-state index in [0.29, 0.717) is 12.0 Å². The Kier molecular flexibility index (Phi) is 2.90. The molecule has 68 valence electrons. The Morgan fingerprint density at radius 3 is 2.50 bits per heavy atom. The number of rotatable bonds is 3. The fourth-order valence-electron chi connectivity index (χ4n) is 1.10. The van der Waals surface area contributed by atoms with Gasteiger partial charge in [-0.05, 0) is 26.2 Å². The highest BCUT2D eigenvalue weighted by Gasteiger charge is 2.06. The fourth-order valence-corrected chi connectivity index (χ4v) is 1.10. The first kappa shape index (κ1) is 9.30. The summed E-state index contributed by atoms with van der Waals surface area (Å²) in [5, 5.41) is 0. The van der Waals surface area contributed by atoms with Gasteiger partial charge in [-0.25, -0.2) is 4.98 Å². The average molecular weight is 166 g/mol. The van der Waals surface area contributed by atoms with Gasteiger partial charge in [-0.2, -0.15) is 0 Å². The van der Waals surface area contributed by atoms with Crippen molar-refractivity contribution in [2.24, 2.45) is 0 Å². The lowest BCUT2D eigenvalue weighted by atomic mass is 10.1. The van der Waals surface area contributed by atoms with Crippen LogP contribution in [0.1, 0.15) is 51.8 Å². The van der Waals surface area contributed by atoms with Gasteiger partial charge in [-0.3, -0.25) is 0 Å². The van der Waals surface area contributed by atoms with E-state index in [2.05, 4.69) is 43.4 Å². The molecular weight excluding hydrogens is 148 g/mol. The summed E-state index contributed by atoms with van der Waals surface area (Å²) < 4.78 is 2.15. The predicted molar refractivity (Wildman–Crippen MR) is 51.3 cm³/mol. The largest absolute Gasteiger partial charge is 0.335 e. The maximum absolute atomic E-state index is 4.37. The summed E-state index contributed by atoms with van der Waals surface area (Å²) in [4.78, 5) is 4.37. The van der Waals surface area contributed by atoms with Gasteiger partial charge in [0.25, 0.3) is 0 Å². The zero-order chi connectivity index (χ0) is 9.14.